The third-order valence-corrected chi connectivity index (χ3v) is 8.83. The number of piperidine rings is 1. The molecule has 1 aromatic carbocycles. The van der Waals surface area contributed by atoms with Gasteiger partial charge in [-0.2, -0.15) is 0 Å². The average Bonchev–Trinajstić information content (AvgIpc) is 3.25. The largest absolute Gasteiger partial charge is 0.497 e. The van der Waals surface area contributed by atoms with Gasteiger partial charge in [0.05, 0.1) is 19.2 Å². The Morgan fingerprint density at radius 1 is 1.08 bits per heavy atom. The molecular formula is C29H42N4O3. The van der Waals surface area contributed by atoms with Crippen LogP contribution in [-0.2, 0) is 11.3 Å². The highest BCUT2D eigenvalue weighted by atomic mass is 16.5. The van der Waals surface area contributed by atoms with Gasteiger partial charge in [-0.05, 0) is 70.7 Å². The second-order valence-corrected chi connectivity index (χ2v) is 11.3. The summed E-state index contributed by atoms with van der Waals surface area (Å²) >= 11 is 0. The van der Waals surface area contributed by atoms with Crippen LogP contribution < -0.4 is 10.1 Å². The fourth-order valence-electron chi connectivity index (χ4n) is 6.52. The average molecular weight is 495 g/mol. The molecular weight excluding hydrogens is 452 g/mol. The van der Waals surface area contributed by atoms with E-state index in [9.17, 15) is 9.59 Å². The second-order valence-electron chi connectivity index (χ2n) is 11.3. The monoisotopic (exact) mass is 494 g/mol. The van der Waals surface area contributed by atoms with Crippen molar-refractivity contribution in [2.75, 3.05) is 26.7 Å². The van der Waals surface area contributed by atoms with Crippen molar-refractivity contribution in [2.45, 2.75) is 95.8 Å². The first kappa shape index (κ1) is 25.1. The number of fused-ring (bicyclic) bond motifs is 3. The molecule has 2 fully saturated rings. The maximum atomic E-state index is 14.0. The van der Waals surface area contributed by atoms with E-state index in [1.165, 1.54) is 25.7 Å². The Bertz CT molecular complexity index is 1110. The van der Waals surface area contributed by atoms with E-state index in [2.05, 4.69) is 17.1 Å². The van der Waals surface area contributed by atoms with E-state index in [4.69, 9.17) is 4.74 Å². The number of methoxy groups -OCH3 is 1. The molecule has 2 atom stereocenters. The highest BCUT2D eigenvalue weighted by Crippen LogP contribution is 2.34. The zero-order valence-electron chi connectivity index (χ0n) is 22.2. The van der Waals surface area contributed by atoms with Crippen molar-refractivity contribution in [2.24, 2.45) is 0 Å². The van der Waals surface area contributed by atoms with Gasteiger partial charge in [0.1, 0.15) is 17.0 Å². The Kier molecular flexibility index (Phi) is 7.29. The van der Waals surface area contributed by atoms with Crippen LogP contribution in [0.5, 0.6) is 5.75 Å². The molecule has 5 rings (SSSR count). The number of nitrogens with one attached hydrogen (secondary N) is 1. The van der Waals surface area contributed by atoms with Crippen LogP contribution in [0, 0.1) is 0 Å². The Labute approximate surface area is 215 Å². The second kappa shape index (κ2) is 10.4. The lowest BCUT2D eigenvalue weighted by Gasteiger charge is -2.45. The minimum absolute atomic E-state index is 0.0236. The van der Waals surface area contributed by atoms with Gasteiger partial charge in [0.2, 0.25) is 5.91 Å². The third kappa shape index (κ3) is 4.74. The molecule has 2 aromatic rings. The van der Waals surface area contributed by atoms with Crippen LogP contribution in [0.2, 0.25) is 0 Å². The minimum atomic E-state index is -0.940. The van der Waals surface area contributed by atoms with E-state index in [1.807, 2.05) is 40.7 Å². The number of hydrogen-bond donors (Lipinski definition) is 1. The number of likely N-dealkylation sites (tertiary alicyclic amines) is 1. The molecule has 2 amide bonds. The van der Waals surface area contributed by atoms with E-state index < -0.39 is 5.54 Å². The number of nitrogens with zero attached hydrogens (tertiary/aromatic N) is 3. The molecule has 1 saturated carbocycles. The lowest BCUT2D eigenvalue weighted by molar-refractivity contribution is -0.133. The van der Waals surface area contributed by atoms with Crippen molar-refractivity contribution in [1.29, 1.82) is 0 Å². The molecule has 36 heavy (non-hydrogen) atoms. The molecule has 1 aliphatic carbocycles. The molecule has 2 aliphatic heterocycles. The van der Waals surface area contributed by atoms with Crippen LogP contribution in [-0.4, -0.2) is 70.5 Å². The van der Waals surface area contributed by atoms with Gasteiger partial charge in [-0.25, -0.2) is 0 Å². The summed E-state index contributed by atoms with van der Waals surface area (Å²) in [7, 11) is 1.65. The topological polar surface area (TPSA) is 66.8 Å². The summed E-state index contributed by atoms with van der Waals surface area (Å²) in [6.07, 6.45) is 10.3. The summed E-state index contributed by atoms with van der Waals surface area (Å²) in [4.78, 5) is 32.3. The molecule has 196 valence electrons. The number of amides is 2. The van der Waals surface area contributed by atoms with Crippen LogP contribution in [0.25, 0.3) is 10.9 Å². The lowest BCUT2D eigenvalue weighted by atomic mass is 9.91. The van der Waals surface area contributed by atoms with Gasteiger partial charge in [0.25, 0.3) is 5.91 Å². The number of hydrogen-bond acceptors (Lipinski definition) is 4. The third-order valence-electron chi connectivity index (χ3n) is 8.83. The highest BCUT2D eigenvalue weighted by Gasteiger charge is 2.48. The Hall–Kier alpha value is -2.54. The first-order valence-corrected chi connectivity index (χ1v) is 13.9. The number of carbonyl (C=O) groups is 2. The van der Waals surface area contributed by atoms with Gasteiger partial charge < -0.3 is 24.4 Å². The summed E-state index contributed by atoms with van der Waals surface area (Å²) < 4.78 is 7.49. The standard InChI is InChI=1S/C29H42N4O3/c1-21-10-7-8-15-31(21)16-9-17-33-27(34)26-18-22-13-14-24(36-3)19-25(22)32(26)20-29(33,2)28(35)30-23-11-5-4-6-12-23/h13-14,18-19,21,23H,4-12,15-17,20H2,1-3H3,(H,30,35)/t21-,29-/m1/s1. The fraction of sp³-hybridized carbons (Fsp3) is 0.655. The van der Waals surface area contributed by atoms with Gasteiger partial charge in [-0.15, -0.1) is 0 Å². The van der Waals surface area contributed by atoms with E-state index >= 15 is 0 Å². The highest BCUT2D eigenvalue weighted by molar-refractivity contribution is 6.03. The molecule has 7 nitrogen and oxygen atoms in total. The fourth-order valence-corrected chi connectivity index (χ4v) is 6.52. The van der Waals surface area contributed by atoms with Gasteiger partial charge in [-0.1, -0.05) is 25.7 Å². The molecule has 0 bridgehead atoms. The zero-order chi connectivity index (χ0) is 25.3. The summed E-state index contributed by atoms with van der Waals surface area (Å²) in [5, 5.41) is 4.34. The van der Waals surface area contributed by atoms with E-state index in [-0.39, 0.29) is 17.9 Å². The van der Waals surface area contributed by atoms with Crippen LogP contribution >= 0.6 is 0 Å². The van der Waals surface area contributed by atoms with Crippen molar-refractivity contribution >= 4 is 22.7 Å². The zero-order valence-corrected chi connectivity index (χ0v) is 22.2. The molecule has 3 aliphatic rings. The summed E-state index contributed by atoms with van der Waals surface area (Å²) in [6, 6.07) is 8.65. The van der Waals surface area contributed by atoms with Crippen molar-refractivity contribution < 1.29 is 14.3 Å². The molecule has 0 unspecified atom stereocenters. The smallest absolute Gasteiger partial charge is 0.271 e. The molecule has 1 saturated heterocycles. The van der Waals surface area contributed by atoms with Gasteiger partial charge in [0, 0.05) is 36.6 Å². The predicted octanol–water partition coefficient (Wildman–Crippen LogP) is 4.58. The van der Waals surface area contributed by atoms with Gasteiger partial charge >= 0.3 is 0 Å². The number of rotatable bonds is 7. The number of benzene rings is 1. The molecule has 1 N–H and O–H groups in total. The van der Waals surface area contributed by atoms with Crippen molar-refractivity contribution in [3.05, 3.63) is 30.0 Å². The van der Waals surface area contributed by atoms with Gasteiger partial charge in [0.15, 0.2) is 0 Å². The summed E-state index contributed by atoms with van der Waals surface area (Å²) in [5.74, 6) is 0.677. The van der Waals surface area contributed by atoms with Crippen molar-refractivity contribution in [3.8, 4) is 5.75 Å². The number of ether oxygens (including phenoxy) is 1. The Balaban J connectivity index is 1.43. The van der Waals surface area contributed by atoms with Crippen molar-refractivity contribution in [1.82, 2.24) is 19.7 Å². The summed E-state index contributed by atoms with van der Waals surface area (Å²) in [5.41, 5.74) is 0.660. The van der Waals surface area contributed by atoms with E-state index in [0.717, 1.165) is 61.8 Å². The van der Waals surface area contributed by atoms with Crippen LogP contribution in [0.3, 0.4) is 0 Å². The molecule has 0 radical (unpaired) electrons. The van der Waals surface area contributed by atoms with E-state index in [0.29, 0.717) is 24.8 Å². The van der Waals surface area contributed by atoms with E-state index in [1.54, 1.807) is 7.11 Å². The summed E-state index contributed by atoms with van der Waals surface area (Å²) in [6.45, 7) is 7.39. The predicted molar refractivity (Wildman–Crippen MR) is 142 cm³/mol. The first-order chi connectivity index (χ1) is 17.4. The number of aromatic nitrogens is 1. The SMILES string of the molecule is COc1ccc2cc3n(c2c1)C[C@](C)(C(=O)NC1CCCCC1)N(CCCN1CCCC[C@H]1C)C3=O. The molecule has 3 heterocycles. The van der Waals surface area contributed by atoms with Crippen LogP contribution in [0.15, 0.2) is 24.3 Å². The lowest BCUT2D eigenvalue weighted by Crippen LogP contribution is -2.65. The Morgan fingerprint density at radius 2 is 1.86 bits per heavy atom. The van der Waals surface area contributed by atoms with Crippen LogP contribution in [0.1, 0.15) is 82.1 Å². The van der Waals surface area contributed by atoms with Gasteiger partial charge in [-0.3, -0.25) is 9.59 Å². The van der Waals surface area contributed by atoms with Crippen molar-refractivity contribution in [3.63, 3.8) is 0 Å². The normalized spacial score (nSPS) is 25.7. The van der Waals surface area contributed by atoms with Crippen LogP contribution in [0.4, 0.5) is 0 Å². The molecule has 1 aromatic heterocycles. The Morgan fingerprint density at radius 3 is 2.61 bits per heavy atom. The maximum absolute atomic E-state index is 14.0. The molecule has 0 spiro atoms. The minimum Gasteiger partial charge on any atom is -0.497 e. The molecule has 7 heteroatoms. The first-order valence-electron chi connectivity index (χ1n) is 13.9. The quantitative estimate of drug-likeness (QED) is 0.612. The number of carbonyl (C=O) groups excluding carboxylic acids is 2. The maximum Gasteiger partial charge on any atom is 0.271 e.